The lowest BCUT2D eigenvalue weighted by atomic mass is 9.97. The van der Waals surface area contributed by atoms with Gasteiger partial charge < -0.3 is 4.90 Å². The molecule has 0 spiro atoms. The number of hydrogen-bond acceptors (Lipinski definition) is 4. The van der Waals surface area contributed by atoms with E-state index < -0.39 is 10.0 Å². The molecule has 1 saturated carbocycles. The van der Waals surface area contributed by atoms with Crippen LogP contribution in [-0.4, -0.2) is 39.5 Å². The lowest BCUT2D eigenvalue weighted by molar-refractivity contribution is 0.162. The van der Waals surface area contributed by atoms with Crippen molar-refractivity contribution in [2.75, 3.05) is 20.6 Å². The molecule has 1 aliphatic carbocycles. The zero-order valence-electron chi connectivity index (χ0n) is 12.5. The Balaban J connectivity index is 2.12. The predicted octanol–water partition coefficient (Wildman–Crippen LogP) is 1.71. The van der Waals surface area contributed by atoms with Crippen molar-refractivity contribution in [2.24, 2.45) is 0 Å². The first kappa shape index (κ1) is 16.0. The number of benzene rings is 1. The zero-order chi connectivity index (χ0) is 15.5. The molecule has 114 valence electrons. The molecule has 5 nitrogen and oxygen atoms in total. The van der Waals surface area contributed by atoms with Gasteiger partial charge in [-0.05, 0) is 51.2 Å². The van der Waals surface area contributed by atoms with Crippen molar-refractivity contribution < 1.29 is 8.42 Å². The largest absolute Gasteiger partial charge is 0.302 e. The fourth-order valence-electron chi connectivity index (χ4n) is 2.84. The van der Waals surface area contributed by atoms with Gasteiger partial charge in [0, 0.05) is 12.1 Å². The fourth-order valence-corrected chi connectivity index (χ4v) is 3.96. The van der Waals surface area contributed by atoms with Crippen LogP contribution in [0.1, 0.15) is 31.2 Å². The van der Waals surface area contributed by atoms with Crippen molar-refractivity contribution in [2.45, 2.75) is 36.1 Å². The Morgan fingerprint density at radius 1 is 1.24 bits per heavy atom. The second-order valence-corrected chi connectivity index (χ2v) is 7.55. The van der Waals surface area contributed by atoms with Crippen LogP contribution in [0.3, 0.4) is 0 Å². The molecule has 1 N–H and O–H groups in total. The Hall–Kier alpha value is -1.42. The zero-order valence-corrected chi connectivity index (χ0v) is 13.3. The van der Waals surface area contributed by atoms with Crippen LogP contribution in [0, 0.1) is 11.3 Å². The van der Waals surface area contributed by atoms with Crippen LogP contribution in [-0.2, 0) is 10.0 Å². The summed E-state index contributed by atoms with van der Waals surface area (Å²) >= 11 is 0. The van der Waals surface area contributed by atoms with Crippen molar-refractivity contribution in [3.05, 3.63) is 29.8 Å². The number of nitrogens with one attached hydrogen (secondary N) is 1. The average Bonchev–Trinajstić information content (AvgIpc) is 2.96. The van der Waals surface area contributed by atoms with Crippen molar-refractivity contribution in [3.63, 3.8) is 0 Å². The van der Waals surface area contributed by atoms with Gasteiger partial charge in [-0.25, -0.2) is 13.1 Å². The highest BCUT2D eigenvalue weighted by molar-refractivity contribution is 7.89. The molecule has 0 atom stereocenters. The van der Waals surface area contributed by atoms with Gasteiger partial charge >= 0.3 is 0 Å². The van der Waals surface area contributed by atoms with E-state index in [0.717, 1.165) is 25.7 Å². The highest BCUT2D eigenvalue weighted by atomic mass is 32.2. The molecular weight excluding hydrogens is 286 g/mol. The van der Waals surface area contributed by atoms with E-state index in [0.29, 0.717) is 12.1 Å². The number of hydrogen-bond donors (Lipinski definition) is 1. The van der Waals surface area contributed by atoms with Crippen molar-refractivity contribution in [1.82, 2.24) is 9.62 Å². The minimum atomic E-state index is -3.53. The maximum atomic E-state index is 12.3. The summed E-state index contributed by atoms with van der Waals surface area (Å²) in [5.41, 5.74) is 0.370. The predicted molar refractivity (Wildman–Crippen MR) is 81.2 cm³/mol. The Morgan fingerprint density at radius 3 is 2.29 bits per heavy atom. The van der Waals surface area contributed by atoms with E-state index in [2.05, 4.69) is 9.62 Å². The summed E-state index contributed by atoms with van der Waals surface area (Å²) < 4.78 is 27.4. The van der Waals surface area contributed by atoms with E-state index in [1.54, 1.807) is 0 Å². The number of nitrogens with zero attached hydrogens (tertiary/aromatic N) is 2. The minimum Gasteiger partial charge on any atom is -0.302 e. The summed E-state index contributed by atoms with van der Waals surface area (Å²) in [5, 5.41) is 8.75. The van der Waals surface area contributed by atoms with E-state index in [-0.39, 0.29) is 10.4 Å². The Kier molecular flexibility index (Phi) is 4.67. The van der Waals surface area contributed by atoms with Gasteiger partial charge in [-0.1, -0.05) is 12.8 Å². The van der Waals surface area contributed by atoms with Crippen LogP contribution in [0.4, 0.5) is 0 Å². The van der Waals surface area contributed by atoms with Gasteiger partial charge in [-0.15, -0.1) is 0 Å². The first-order valence-corrected chi connectivity index (χ1v) is 8.55. The van der Waals surface area contributed by atoms with E-state index in [9.17, 15) is 8.42 Å². The van der Waals surface area contributed by atoms with Crippen LogP contribution in [0.5, 0.6) is 0 Å². The Morgan fingerprint density at radius 2 is 1.81 bits per heavy atom. The normalized spacial score (nSPS) is 17.8. The lowest BCUT2D eigenvalue weighted by Gasteiger charge is -2.36. The van der Waals surface area contributed by atoms with E-state index >= 15 is 0 Å². The molecule has 1 aliphatic rings. The molecule has 0 aliphatic heterocycles. The summed E-state index contributed by atoms with van der Waals surface area (Å²) in [6, 6.07) is 7.96. The molecule has 6 heteroatoms. The van der Waals surface area contributed by atoms with Crippen molar-refractivity contribution in [1.29, 1.82) is 5.26 Å². The molecule has 0 unspecified atom stereocenters. The van der Waals surface area contributed by atoms with Gasteiger partial charge in [0.05, 0.1) is 16.5 Å². The maximum absolute atomic E-state index is 12.3. The molecule has 0 bridgehead atoms. The smallest absolute Gasteiger partial charge is 0.240 e. The van der Waals surface area contributed by atoms with Gasteiger partial charge in [-0.2, -0.15) is 5.26 Å². The lowest BCUT2D eigenvalue weighted by Crippen LogP contribution is -2.50. The minimum absolute atomic E-state index is 0.0837. The molecule has 0 aromatic heterocycles. The van der Waals surface area contributed by atoms with Crippen LogP contribution < -0.4 is 4.72 Å². The second kappa shape index (κ2) is 6.14. The quantitative estimate of drug-likeness (QED) is 0.899. The summed E-state index contributed by atoms with van der Waals surface area (Å²) in [5.74, 6) is 0. The molecule has 1 aromatic rings. The van der Waals surface area contributed by atoms with Crippen LogP contribution in [0.2, 0.25) is 0 Å². The number of likely N-dealkylation sites (N-methyl/N-ethyl adjacent to an activating group) is 1. The van der Waals surface area contributed by atoms with Gasteiger partial charge in [0.1, 0.15) is 0 Å². The number of sulfonamides is 1. The first-order valence-electron chi connectivity index (χ1n) is 7.07. The molecule has 0 saturated heterocycles. The molecular formula is C15H21N3O2S. The SMILES string of the molecule is CN(C)C1(CNS(=O)(=O)c2ccc(C#N)cc2)CCCC1. The highest BCUT2D eigenvalue weighted by Gasteiger charge is 2.36. The first-order chi connectivity index (χ1) is 9.89. The summed E-state index contributed by atoms with van der Waals surface area (Å²) in [4.78, 5) is 2.33. The molecule has 0 radical (unpaired) electrons. The third-order valence-electron chi connectivity index (χ3n) is 4.37. The van der Waals surface area contributed by atoms with Crippen LogP contribution in [0.15, 0.2) is 29.2 Å². The molecule has 0 amide bonds. The number of rotatable bonds is 5. The summed E-state index contributed by atoms with van der Waals surface area (Å²) in [6.45, 7) is 0.419. The summed E-state index contributed by atoms with van der Waals surface area (Å²) in [7, 11) is 0.472. The van der Waals surface area contributed by atoms with Crippen molar-refractivity contribution in [3.8, 4) is 6.07 Å². The summed E-state index contributed by atoms with van der Waals surface area (Å²) in [6.07, 6.45) is 4.29. The molecule has 21 heavy (non-hydrogen) atoms. The van der Waals surface area contributed by atoms with Gasteiger partial charge in [0.25, 0.3) is 0 Å². The standard InChI is InChI=1S/C15H21N3O2S/c1-18(2)15(9-3-4-10-15)12-17-21(19,20)14-7-5-13(11-16)6-8-14/h5-8,17H,3-4,9-10,12H2,1-2H3. The average molecular weight is 307 g/mol. The van der Waals surface area contributed by atoms with Gasteiger partial charge in [-0.3, -0.25) is 0 Å². The van der Waals surface area contributed by atoms with Crippen LogP contribution >= 0.6 is 0 Å². The molecule has 2 rings (SSSR count). The Bertz CT molecular complexity index is 624. The third-order valence-corrected chi connectivity index (χ3v) is 5.79. The van der Waals surface area contributed by atoms with Crippen molar-refractivity contribution >= 4 is 10.0 Å². The van der Waals surface area contributed by atoms with E-state index in [1.165, 1.54) is 24.3 Å². The third kappa shape index (κ3) is 3.43. The van der Waals surface area contributed by atoms with E-state index in [1.807, 2.05) is 20.2 Å². The molecule has 1 fully saturated rings. The Labute approximate surface area is 126 Å². The molecule has 0 heterocycles. The van der Waals surface area contributed by atoms with Gasteiger partial charge in [0.15, 0.2) is 0 Å². The highest BCUT2D eigenvalue weighted by Crippen LogP contribution is 2.33. The molecule has 1 aromatic carbocycles. The van der Waals surface area contributed by atoms with Crippen LogP contribution in [0.25, 0.3) is 0 Å². The monoisotopic (exact) mass is 307 g/mol. The van der Waals surface area contributed by atoms with E-state index in [4.69, 9.17) is 5.26 Å². The second-order valence-electron chi connectivity index (χ2n) is 5.79. The maximum Gasteiger partial charge on any atom is 0.240 e. The number of nitriles is 1. The topological polar surface area (TPSA) is 73.2 Å². The fraction of sp³-hybridized carbons (Fsp3) is 0.533. The van der Waals surface area contributed by atoms with Gasteiger partial charge in [0.2, 0.25) is 10.0 Å².